The van der Waals surface area contributed by atoms with Crippen molar-refractivity contribution in [2.45, 2.75) is 13.1 Å². The number of hydrogen-bond donors (Lipinski definition) is 0. The van der Waals surface area contributed by atoms with Gasteiger partial charge in [-0.3, -0.25) is 0 Å². The Hall–Kier alpha value is -3.05. The van der Waals surface area contributed by atoms with E-state index in [1.54, 1.807) is 24.3 Å². The zero-order valence-corrected chi connectivity index (χ0v) is 15.8. The number of para-hydroxylation sites is 1. The third kappa shape index (κ3) is 3.94. The van der Waals surface area contributed by atoms with Crippen molar-refractivity contribution in [3.8, 4) is 17.6 Å². The smallest absolute Gasteiger partial charge is 0.416 e. The first-order valence-corrected chi connectivity index (χ1v) is 9.08. The van der Waals surface area contributed by atoms with Crippen molar-refractivity contribution in [3.05, 3.63) is 52.5 Å². The Morgan fingerprint density at radius 3 is 2.71 bits per heavy atom. The molecule has 0 saturated carbocycles. The van der Waals surface area contributed by atoms with Crippen LogP contribution in [0.3, 0.4) is 0 Å². The molecule has 0 bridgehead atoms. The van der Waals surface area contributed by atoms with Crippen molar-refractivity contribution in [2.75, 3.05) is 13.7 Å². The van der Waals surface area contributed by atoms with Crippen LogP contribution < -0.4 is 9.47 Å². The van der Waals surface area contributed by atoms with Crippen LogP contribution >= 0.6 is 11.3 Å². The van der Waals surface area contributed by atoms with Gasteiger partial charge >= 0.3 is 6.18 Å². The number of nitriles is 1. The van der Waals surface area contributed by atoms with Gasteiger partial charge in [0.2, 0.25) is 0 Å². The fraction of sp³-hybridized carbons (Fsp3) is 0.200. The van der Waals surface area contributed by atoms with E-state index < -0.39 is 11.7 Å². The van der Waals surface area contributed by atoms with E-state index in [-0.39, 0.29) is 11.1 Å². The largest absolute Gasteiger partial charge is 0.492 e. The van der Waals surface area contributed by atoms with E-state index in [4.69, 9.17) is 9.47 Å². The highest BCUT2D eigenvalue weighted by molar-refractivity contribution is 7.19. The predicted molar refractivity (Wildman–Crippen MR) is 102 cm³/mol. The van der Waals surface area contributed by atoms with Crippen LogP contribution in [-0.2, 0) is 6.18 Å². The molecule has 0 aliphatic heterocycles. The minimum absolute atomic E-state index is 0.200. The van der Waals surface area contributed by atoms with E-state index in [0.29, 0.717) is 33.4 Å². The maximum atomic E-state index is 12.9. The lowest BCUT2D eigenvalue weighted by atomic mass is 10.1. The van der Waals surface area contributed by atoms with Crippen LogP contribution in [0.2, 0.25) is 0 Å². The number of methoxy groups -OCH3 is 1. The molecule has 3 rings (SSSR count). The Labute approximate surface area is 163 Å². The summed E-state index contributed by atoms with van der Waals surface area (Å²) in [6.45, 7) is 2.30. The van der Waals surface area contributed by atoms with Crippen LogP contribution in [0.15, 0.2) is 36.4 Å². The minimum Gasteiger partial charge on any atom is -0.492 e. The first kappa shape index (κ1) is 19.7. The molecule has 0 spiro atoms. The highest BCUT2D eigenvalue weighted by atomic mass is 32.1. The first-order chi connectivity index (χ1) is 13.4. The van der Waals surface area contributed by atoms with Crippen molar-refractivity contribution in [3.63, 3.8) is 0 Å². The van der Waals surface area contributed by atoms with Gasteiger partial charge in [0.05, 0.1) is 35.1 Å². The Morgan fingerprint density at radius 2 is 2.07 bits per heavy atom. The number of hydrogen-bond acceptors (Lipinski definition) is 5. The van der Waals surface area contributed by atoms with E-state index in [0.717, 1.165) is 23.5 Å². The lowest BCUT2D eigenvalue weighted by molar-refractivity contribution is -0.137. The molecule has 1 aromatic heterocycles. The Balaban J connectivity index is 2.07. The molecular weight excluding hydrogens is 389 g/mol. The van der Waals surface area contributed by atoms with E-state index in [1.165, 1.54) is 13.2 Å². The molecule has 1 heterocycles. The fourth-order valence-electron chi connectivity index (χ4n) is 2.65. The molecular formula is C20H15F3N2O2S. The van der Waals surface area contributed by atoms with Crippen molar-refractivity contribution < 1.29 is 22.6 Å². The number of rotatable bonds is 5. The zero-order valence-electron chi connectivity index (χ0n) is 15.0. The van der Waals surface area contributed by atoms with Crippen LogP contribution in [-0.4, -0.2) is 18.7 Å². The molecule has 3 aromatic rings. The SMILES string of the molecule is CCOc1cccc(/C=C(\C#N)c2nc3cc(C(F)(F)F)ccc3s2)c1OC. The van der Waals surface area contributed by atoms with Crippen molar-refractivity contribution >= 4 is 33.2 Å². The van der Waals surface area contributed by atoms with Gasteiger partial charge in [-0.05, 0) is 37.3 Å². The van der Waals surface area contributed by atoms with Crippen LogP contribution in [0.4, 0.5) is 13.2 Å². The molecule has 0 atom stereocenters. The Morgan fingerprint density at radius 1 is 1.29 bits per heavy atom. The van der Waals surface area contributed by atoms with Crippen LogP contribution in [0.1, 0.15) is 23.1 Å². The Kier molecular flexibility index (Phi) is 5.56. The van der Waals surface area contributed by atoms with Gasteiger partial charge in [-0.2, -0.15) is 18.4 Å². The lowest BCUT2D eigenvalue weighted by Gasteiger charge is -2.11. The second-order valence-electron chi connectivity index (χ2n) is 5.68. The summed E-state index contributed by atoms with van der Waals surface area (Å²) in [5.74, 6) is 1.01. The number of allylic oxidation sites excluding steroid dienone is 1. The number of nitrogens with zero attached hydrogens (tertiary/aromatic N) is 2. The van der Waals surface area contributed by atoms with Crippen molar-refractivity contribution in [1.82, 2.24) is 4.98 Å². The fourth-order valence-corrected chi connectivity index (χ4v) is 3.56. The molecule has 0 fully saturated rings. The average Bonchev–Trinajstić information content (AvgIpc) is 3.08. The standard InChI is InChI=1S/C20H15F3N2O2S/c1-3-27-16-6-4-5-12(18(16)26-2)9-13(11-24)19-25-15-10-14(20(21,22)23)7-8-17(15)28-19/h4-10H,3H2,1-2H3/b13-9+. The lowest BCUT2D eigenvalue weighted by Crippen LogP contribution is -2.03. The van der Waals surface area contributed by atoms with Gasteiger partial charge in [-0.1, -0.05) is 12.1 Å². The monoisotopic (exact) mass is 404 g/mol. The second kappa shape index (κ2) is 7.90. The summed E-state index contributed by atoms with van der Waals surface area (Å²) in [6.07, 6.45) is -2.86. The van der Waals surface area contributed by atoms with Gasteiger partial charge in [-0.25, -0.2) is 4.98 Å². The van der Waals surface area contributed by atoms with Crippen LogP contribution in [0.25, 0.3) is 21.9 Å². The average molecular weight is 404 g/mol. The van der Waals surface area contributed by atoms with Gasteiger partial charge in [0.1, 0.15) is 11.1 Å². The highest BCUT2D eigenvalue weighted by Gasteiger charge is 2.30. The topological polar surface area (TPSA) is 55.1 Å². The van der Waals surface area contributed by atoms with Gasteiger partial charge in [0.25, 0.3) is 0 Å². The number of ether oxygens (including phenoxy) is 2. The van der Waals surface area contributed by atoms with Crippen molar-refractivity contribution in [1.29, 1.82) is 5.26 Å². The minimum atomic E-state index is -4.45. The molecule has 144 valence electrons. The summed E-state index contributed by atoms with van der Waals surface area (Å²) >= 11 is 1.16. The predicted octanol–water partition coefficient (Wildman–Crippen LogP) is 5.79. The molecule has 4 nitrogen and oxygen atoms in total. The normalized spacial score (nSPS) is 12.1. The van der Waals surface area contributed by atoms with E-state index >= 15 is 0 Å². The maximum absolute atomic E-state index is 12.9. The molecule has 0 saturated heterocycles. The summed E-state index contributed by atoms with van der Waals surface area (Å²) in [6, 6.07) is 10.7. The van der Waals surface area contributed by atoms with Gasteiger partial charge < -0.3 is 9.47 Å². The summed E-state index contributed by atoms with van der Waals surface area (Å²) in [7, 11) is 1.50. The molecule has 0 aliphatic carbocycles. The Bertz CT molecular complexity index is 1080. The highest BCUT2D eigenvalue weighted by Crippen LogP contribution is 2.36. The number of thiazole rings is 1. The van der Waals surface area contributed by atoms with Gasteiger partial charge in [0, 0.05) is 5.56 Å². The number of fused-ring (bicyclic) bond motifs is 1. The van der Waals surface area contributed by atoms with Gasteiger partial charge in [-0.15, -0.1) is 11.3 Å². The molecule has 28 heavy (non-hydrogen) atoms. The molecule has 0 unspecified atom stereocenters. The molecule has 0 N–H and O–H groups in total. The van der Waals surface area contributed by atoms with Crippen LogP contribution in [0.5, 0.6) is 11.5 Å². The summed E-state index contributed by atoms with van der Waals surface area (Å²) in [5.41, 5.74) is 0.262. The summed E-state index contributed by atoms with van der Waals surface area (Å²) in [5, 5.41) is 9.92. The third-order valence-corrected chi connectivity index (χ3v) is 4.95. The third-order valence-electron chi connectivity index (χ3n) is 3.88. The quantitative estimate of drug-likeness (QED) is 0.505. The summed E-state index contributed by atoms with van der Waals surface area (Å²) in [4.78, 5) is 4.22. The van der Waals surface area contributed by atoms with Gasteiger partial charge in [0.15, 0.2) is 11.5 Å². The molecule has 8 heteroatoms. The van der Waals surface area contributed by atoms with E-state index in [9.17, 15) is 18.4 Å². The van der Waals surface area contributed by atoms with E-state index in [1.807, 2.05) is 6.92 Å². The number of benzene rings is 2. The number of halogens is 3. The second-order valence-corrected chi connectivity index (χ2v) is 6.71. The maximum Gasteiger partial charge on any atom is 0.416 e. The molecule has 2 aromatic carbocycles. The summed E-state index contributed by atoms with van der Waals surface area (Å²) < 4.78 is 50.2. The first-order valence-electron chi connectivity index (χ1n) is 8.27. The molecule has 0 radical (unpaired) electrons. The number of alkyl halides is 3. The molecule has 0 amide bonds. The molecule has 0 aliphatic rings. The van der Waals surface area contributed by atoms with Crippen molar-refractivity contribution in [2.24, 2.45) is 0 Å². The number of aromatic nitrogens is 1. The zero-order chi connectivity index (χ0) is 20.3. The van der Waals surface area contributed by atoms with Crippen LogP contribution in [0, 0.1) is 11.3 Å². The van der Waals surface area contributed by atoms with E-state index in [2.05, 4.69) is 11.1 Å².